The number of unbranched alkanes of at least 4 members (excludes halogenated alkanes) is 27. The molecule has 0 bridgehead atoms. The van der Waals surface area contributed by atoms with Gasteiger partial charge in [-0.05, 0) is 89.9 Å². The van der Waals surface area contributed by atoms with Gasteiger partial charge in [0.1, 0.15) is 48.8 Å². The van der Waals surface area contributed by atoms with Crippen molar-refractivity contribution in [3.05, 3.63) is 122 Å². The third kappa shape index (κ3) is 43.9. The lowest BCUT2D eigenvalue weighted by Crippen LogP contribution is -2.65. The Bertz CT molecular complexity index is 1990. The van der Waals surface area contributed by atoms with Crippen LogP contribution < -0.4 is 5.32 Å². The SMILES string of the molecule is CC/C=C\C/C=C\C/C=C\C/C=C\C/C=C\C/C=C\C/C=C\C/C=C\C/C=C\CCCCCCCCCCCC(=O)NC(COC1OC(CO)C(OC2OC(CO)C(O)C(O)C2O)C(O)C1O)C(O)/C=C/CCCCCCCCCCCCCCCCCCCC. The summed E-state index contributed by atoms with van der Waals surface area (Å²) in [5, 5.41) is 87.5. The average molecular weight is 1280 g/mol. The lowest BCUT2D eigenvalue weighted by atomic mass is 9.97. The fourth-order valence-electron chi connectivity index (χ4n) is 11.2. The summed E-state index contributed by atoms with van der Waals surface area (Å²) in [7, 11) is 0. The van der Waals surface area contributed by atoms with Crippen molar-refractivity contribution in [2.75, 3.05) is 19.8 Å². The van der Waals surface area contributed by atoms with E-state index >= 15 is 0 Å². The molecule has 12 atom stereocenters. The highest BCUT2D eigenvalue weighted by atomic mass is 16.7. The van der Waals surface area contributed by atoms with Crippen LogP contribution in [-0.2, 0) is 23.7 Å². The van der Waals surface area contributed by atoms with Gasteiger partial charge in [-0.1, -0.05) is 289 Å². The van der Waals surface area contributed by atoms with Crippen molar-refractivity contribution in [2.24, 2.45) is 0 Å². The fraction of sp³-hybridized carbons (Fsp3) is 0.727. The maximum Gasteiger partial charge on any atom is 0.220 e. The summed E-state index contributed by atoms with van der Waals surface area (Å²) in [4.78, 5) is 13.3. The molecule has 0 spiro atoms. The van der Waals surface area contributed by atoms with Crippen LogP contribution in [0.4, 0.5) is 0 Å². The first-order chi connectivity index (χ1) is 44.6. The molecule has 1 amide bonds. The van der Waals surface area contributed by atoms with Crippen LogP contribution >= 0.6 is 0 Å². The number of ether oxygens (including phenoxy) is 4. The smallest absolute Gasteiger partial charge is 0.220 e. The Labute approximate surface area is 552 Å². The molecule has 0 aliphatic carbocycles. The first-order valence-electron chi connectivity index (χ1n) is 36.3. The van der Waals surface area contributed by atoms with Crippen LogP contribution in [0.1, 0.15) is 264 Å². The van der Waals surface area contributed by atoms with E-state index in [9.17, 15) is 45.6 Å². The molecule has 0 aromatic heterocycles. The Morgan fingerprint density at radius 3 is 1.16 bits per heavy atom. The van der Waals surface area contributed by atoms with Gasteiger partial charge in [0, 0.05) is 6.42 Å². The maximum atomic E-state index is 13.3. The number of amides is 1. The summed E-state index contributed by atoms with van der Waals surface area (Å²) in [5.74, 6) is -0.249. The summed E-state index contributed by atoms with van der Waals surface area (Å²) in [6.07, 6.45) is 71.0. The van der Waals surface area contributed by atoms with Crippen LogP contribution in [0.15, 0.2) is 122 Å². The van der Waals surface area contributed by atoms with Crippen molar-refractivity contribution in [3.63, 3.8) is 0 Å². The zero-order valence-corrected chi connectivity index (χ0v) is 56.8. The molecule has 14 nitrogen and oxygen atoms in total. The predicted octanol–water partition coefficient (Wildman–Crippen LogP) is 15.3. The van der Waals surface area contributed by atoms with Crippen molar-refractivity contribution < 1.29 is 64.6 Å². The Hall–Kier alpha value is -3.61. The van der Waals surface area contributed by atoms with E-state index in [1.54, 1.807) is 6.08 Å². The molecule has 0 aromatic rings. The molecule has 2 aliphatic rings. The molecule has 12 unspecified atom stereocenters. The molecule has 2 heterocycles. The minimum Gasteiger partial charge on any atom is -0.394 e. The Balaban J connectivity index is 1.66. The van der Waals surface area contributed by atoms with Crippen molar-refractivity contribution >= 4 is 5.91 Å². The molecule has 522 valence electrons. The zero-order valence-electron chi connectivity index (χ0n) is 56.8. The number of allylic oxidation sites excluding steroid dienone is 19. The van der Waals surface area contributed by atoms with Gasteiger partial charge >= 0.3 is 0 Å². The van der Waals surface area contributed by atoms with Crippen LogP contribution in [-0.4, -0.2) is 140 Å². The number of hydrogen-bond acceptors (Lipinski definition) is 13. The van der Waals surface area contributed by atoms with Crippen LogP contribution in [0.5, 0.6) is 0 Å². The third-order valence-corrected chi connectivity index (χ3v) is 16.9. The minimum atomic E-state index is -1.79. The van der Waals surface area contributed by atoms with E-state index in [0.717, 1.165) is 103 Å². The summed E-state index contributed by atoms with van der Waals surface area (Å²) in [6.45, 7) is 2.69. The number of hydrogen-bond donors (Lipinski definition) is 9. The van der Waals surface area contributed by atoms with Crippen LogP contribution in [0.3, 0.4) is 0 Å². The molecule has 14 heteroatoms. The summed E-state index contributed by atoms with van der Waals surface area (Å²) >= 11 is 0. The number of nitrogens with one attached hydrogen (secondary N) is 1. The van der Waals surface area contributed by atoms with E-state index in [-0.39, 0.29) is 18.9 Å². The second kappa shape index (κ2) is 60.1. The van der Waals surface area contributed by atoms with Gasteiger partial charge in [-0.25, -0.2) is 0 Å². The lowest BCUT2D eigenvalue weighted by molar-refractivity contribution is -0.359. The fourth-order valence-corrected chi connectivity index (χ4v) is 11.2. The second-order valence-electron chi connectivity index (χ2n) is 25.0. The minimum absolute atomic E-state index is 0.249. The molecule has 9 N–H and O–H groups in total. The number of carbonyl (C=O) groups excluding carboxylic acids is 1. The predicted molar refractivity (Wildman–Crippen MR) is 373 cm³/mol. The Morgan fingerprint density at radius 2 is 0.758 bits per heavy atom. The number of aliphatic hydroxyl groups excluding tert-OH is 8. The highest BCUT2D eigenvalue weighted by Gasteiger charge is 2.51. The molecule has 2 aliphatic heterocycles. The van der Waals surface area contributed by atoms with E-state index in [0.29, 0.717) is 6.42 Å². The van der Waals surface area contributed by atoms with E-state index < -0.39 is 86.8 Å². The monoisotopic (exact) mass is 1280 g/mol. The van der Waals surface area contributed by atoms with Crippen molar-refractivity contribution in [3.8, 4) is 0 Å². The molecule has 91 heavy (non-hydrogen) atoms. The molecule has 2 saturated heterocycles. The van der Waals surface area contributed by atoms with Crippen LogP contribution in [0.2, 0.25) is 0 Å². The number of rotatable bonds is 58. The molecular formula is C77H131NO13. The number of carbonyl (C=O) groups is 1. The van der Waals surface area contributed by atoms with E-state index in [1.165, 1.54) is 135 Å². The summed E-state index contributed by atoms with van der Waals surface area (Å²) in [5.41, 5.74) is 0. The highest BCUT2D eigenvalue weighted by molar-refractivity contribution is 5.76. The van der Waals surface area contributed by atoms with Crippen molar-refractivity contribution in [1.29, 1.82) is 0 Å². The third-order valence-electron chi connectivity index (χ3n) is 16.9. The normalized spacial score (nSPS) is 23.5. The van der Waals surface area contributed by atoms with Gasteiger partial charge in [-0.2, -0.15) is 0 Å². The average Bonchev–Trinajstić information content (AvgIpc) is 1.04. The molecule has 0 aromatic carbocycles. The van der Waals surface area contributed by atoms with E-state index in [4.69, 9.17) is 18.9 Å². The Kier molecular flexibility index (Phi) is 55.1. The summed E-state index contributed by atoms with van der Waals surface area (Å²) in [6, 6.07) is -0.927. The number of aliphatic hydroxyl groups is 8. The zero-order chi connectivity index (χ0) is 65.9. The van der Waals surface area contributed by atoms with E-state index in [1.807, 2.05) is 6.08 Å². The molecule has 0 saturated carbocycles. The standard InChI is InChI=1S/C77H131NO13/c1-3-5-7-9-11-13-15-17-19-21-23-25-26-27-28-29-30-31-32-33-34-35-36-37-38-39-40-41-43-45-47-49-51-53-55-57-59-61-69(82)78-65(66(81)60-58-56-54-52-50-48-46-44-42-24-22-20-18-16-14-12-10-8-6-4-2)64-88-76-74(87)72(85)75(68(63-80)90-76)91-77-73(86)71(84)70(83)67(62-79)89-77/h5,7,11,13,17,19,23,25,27-28,30-31,33-34,36-37,39-40,58,60,65-68,70-77,79-81,83-87H,3-4,6,8-10,12,14-16,18,20-22,24,26,29,32,35,38,41-57,59,61-64H2,1-2H3,(H,78,82)/b7-5-,13-11-,19-17-,25-23-,28-27-,31-30-,34-33-,37-36-,40-39-,60-58+. The molecular weight excluding hydrogens is 1150 g/mol. The topological polar surface area (TPSA) is 228 Å². The van der Waals surface area contributed by atoms with Gasteiger partial charge in [0.15, 0.2) is 12.6 Å². The quantitative estimate of drug-likeness (QED) is 0.0204. The van der Waals surface area contributed by atoms with Gasteiger partial charge in [-0.15, -0.1) is 0 Å². The van der Waals surface area contributed by atoms with Gasteiger partial charge < -0.3 is 65.1 Å². The summed E-state index contributed by atoms with van der Waals surface area (Å²) < 4.78 is 22.9. The second-order valence-corrected chi connectivity index (χ2v) is 25.0. The lowest BCUT2D eigenvalue weighted by Gasteiger charge is -2.46. The molecule has 0 radical (unpaired) electrons. The largest absolute Gasteiger partial charge is 0.394 e. The van der Waals surface area contributed by atoms with Gasteiger partial charge in [0.05, 0.1) is 32.0 Å². The highest BCUT2D eigenvalue weighted by Crippen LogP contribution is 2.30. The van der Waals surface area contributed by atoms with Crippen molar-refractivity contribution in [1.82, 2.24) is 5.32 Å². The van der Waals surface area contributed by atoms with Gasteiger partial charge in [-0.3, -0.25) is 4.79 Å². The molecule has 2 rings (SSSR count). The maximum absolute atomic E-state index is 13.3. The first kappa shape index (κ1) is 83.5. The Morgan fingerprint density at radius 1 is 0.407 bits per heavy atom. The van der Waals surface area contributed by atoms with Gasteiger partial charge in [0.25, 0.3) is 0 Å². The van der Waals surface area contributed by atoms with Crippen LogP contribution in [0, 0.1) is 0 Å². The van der Waals surface area contributed by atoms with Crippen molar-refractivity contribution in [2.45, 2.75) is 338 Å². The van der Waals surface area contributed by atoms with E-state index in [2.05, 4.69) is 129 Å². The first-order valence-corrected chi connectivity index (χ1v) is 36.3. The van der Waals surface area contributed by atoms with Crippen LogP contribution in [0.25, 0.3) is 0 Å². The van der Waals surface area contributed by atoms with Gasteiger partial charge in [0.2, 0.25) is 5.91 Å². The molecule has 2 fully saturated rings.